The van der Waals surface area contributed by atoms with Crippen LogP contribution < -0.4 is 0 Å². The number of aryl methyl sites for hydroxylation is 3. The molecule has 0 saturated carbocycles. The SMILES string of the molecule is Cc1cc(C)c(Cc2[nH]ncc2C(=O)O)c(C)c1. The number of carbonyl (C=O) groups is 1. The predicted octanol–water partition coefficient (Wildman–Crippen LogP) is 2.62. The Hall–Kier alpha value is -2.10. The molecule has 0 saturated heterocycles. The third-order valence-corrected chi connectivity index (χ3v) is 3.14. The molecule has 2 aromatic rings. The molecule has 0 unspecified atom stereocenters. The van der Waals surface area contributed by atoms with Crippen molar-refractivity contribution in [2.45, 2.75) is 27.2 Å². The lowest BCUT2D eigenvalue weighted by molar-refractivity contribution is 0.0696. The van der Waals surface area contributed by atoms with E-state index in [1.165, 1.54) is 22.9 Å². The Balaban J connectivity index is 2.40. The summed E-state index contributed by atoms with van der Waals surface area (Å²) in [5.41, 5.74) is 5.63. The number of benzene rings is 1. The van der Waals surface area contributed by atoms with E-state index in [-0.39, 0.29) is 5.56 Å². The van der Waals surface area contributed by atoms with Crippen LogP contribution in [-0.2, 0) is 6.42 Å². The van der Waals surface area contributed by atoms with Crippen LogP contribution in [-0.4, -0.2) is 21.3 Å². The molecule has 2 rings (SSSR count). The van der Waals surface area contributed by atoms with Gasteiger partial charge in [0, 0.05) is 6.42 Å². The smallest absolute Gasteiger partial charge is 0.339 e. The van der Waals surface area contributed by atoms with Gasteiger partial charge >= 0.3 is 5.97 Å². The van der Waals surface area contributed by atoms with Crippen LogP contribution >= 0.6 is 0 Å². The Kier molecular flexibility index (Phi) is 3.19. The molecule has 18 heavy (non-hydrogen) atoms. The number of hydrogen-bond acceptors (Lipinski definition) is 2. The molecule has 0 bridgehead atoms. The zero-order chi connectivity index (χ0) is 13.3. The molecule has 0 spiro atoms. The fraction of sp³-hybridized carbons (Fsp3) is 0.286. The van der Waals surface area contributed by atoms with Crippen LogP contribution in [0.3, 0.4) is 0 Å². The van der Waals surface area contributed by atoms with E-state index in [9.17, 15) is 4.79 Å². The number of carboxylic acid groups (broad SMARTS) is 1. The van der Waals surface area contributed by atoms with Gasteiger partial charge in [-0.05, 0) is 37.5 Å². The summed E-state index contributed by atoms with van der Waals surface area (Å²) in [5, 5.41) is 15.6. The van der Waals surface area contributed by atoms with Gasteiger partial charge in [-0.25, -0.2) is 4.79 Å². The zero-order valence-corrected chi connectivity index (χ0v) is 10.7. The summed E-state index contributed by atoms with van der Waals surface area (Å²) in [6.07, 6.45) is 1.93. The molecule has 0 atom stereocenters. The van der Waals surface area contributed by atoms with Crippen LogP contribution in [0.15, 0.2) is 18.3 Å². The van der Waals surface area contributed by atoms with Gasteiger partial charge in [0.15, 0.2) is 0 Å². The maximum Gasteiger partial charge on any atom is 0.339 e. The van der Waals surface area contributed by atoms with Crippen LogP contribution in [0.25, 0.3) is 0 Å². The molecule has 0 radical (unpaired) electrons. The van der Waals surface area contributed by atoms with Gasteiger partial charge in [-0.2, -0.15) is 5.10 Å². The highest BCUT2D eigenvalue weighted by Gasteiger charge is 2.14. The normalized spacial score (nSPS) is 10.6. The maximum atomic E-state index is 11.0. The standard InChI is InChI=1S/C14H16N2O2/c1-8-4-9(2)11(10(3)5-8)6-13-12(14(17)18)7-15-16-13/h4-5,7H,6H2,1-3H3,(H,15,16)(H,17,18). The number of aromatic nitrogens is 2. The molecule has 0 fully saturated rings. The fourth-order valence-corrected chi connectivity index (χ4v) is 2.30. The van der Waals surface area contributed by atoms with Crippen molar-refractivity contribution in [1.29, 1.82) is 0 Å². The number of rotatable bonds is 3. The van der Waals surface area contributed by atoms with E-state index >= 15 is 0 Å². The Morgan fingerprint density at radius 1 is 1.28 bits per heavy atom. The Morgan fingerprint density at radius 2 is 1.89 bits per heavy atom. The number of nitrogens with zero attached hydrogens (tertiary/aromatic N) is 1. The van der Waals surface area contributed by atoms with Crippen LogP contribution in [0.2, 0.25) is 0 Å². The molecular weight excluding hydrogens is 228 g/mol. The van der Waals surface area contributed by atoms with Crippen molar-refractivity contribution in [2.24, 2.45) is 0 Å². The molecule has 4 nitrogen and oxygen atoms in total. The largest absolute Gasteiger partial charge is 0.478 e. The lowest BCUT2D eigenvalue weighted by Gasteiger charge is -2.10. The van der Waals surface area contributed by atoms with Crippen molar-refractivity contribution >= 4 is 5.97 Å². The first-order valence-corrected chi connectivity index (χ1v) is 5.81. The van der Waals surface area contributed by atoms with Gasteiger partial charge in [-0.15, -0.1) is 0 Å². The molecule has 1 heterocycles. The molecular formula is C14H16N2O2. The average Bonchev–Trinajstić information content (AvgIpc) is 2.71. The highest BCUT2D eigenvalue weighted by molar-refractivity contribution is 5.88. The van der Waals surface area contributed by atoms with E-state index in [0.717, 1.165) is 5.56 Å². The topological polar surface area (TPSA) is 66.0 Å². The third kappa shape index (κ3) is 2.27. The Labute approximate surface area is 106 Å². The molecule has 1 aromatic carbocycles. The summed E-state index contributed by atoms with van der Waals surface area (Å²) in [4.78, 5) is 11.0. The van der Waals surface area contributed by atoms with Crippen LogP contribution in [0.5, 0.6) is 0 Å². The first kappa shape index (κ1) is 12.4. The molecule has 94 valence electrons. The monoisotopic (exact) mass is 244 g/mol. The Morgan fingerprint density at radius 3 is 2.44 bits per heavy atom. The minimum Gasteiger partial charge on any atom is -0.478 e. The van der Waals surface area contributed by atoms with Crippen molar-refractivity contribution in [2.75, 3.05) is 0 Å². The maximum absolute atomic E-state index is 11.0. The van der Waals surface area contributed by atoms with Crippen molar-refractivity contribution in [3.05, 3.63) is 51.8 Å². The summed E-state index contributed by atoms with van der Waals surface area (Å²) >= 11 is 0. The van der Waals surface area contributed by atoms with Crippen molar-refractivity contribution < 1.29 is 9.90 Å². The van der Waals surface area contributed by atoms with E-state index in [0.29, 0.717) is 12.1 Å². The molecule has 0 amide bonds. The minimum absolute atomic E-state index is 0.245. The Bertz CT molecular complexity index is 577. The second-order valence-electron chi connectivity index (χ2n) is 4.62. The molecule has 0 aliphatic rings. The van der Waals surface area contributed by atoms with E-state index < -0.39 is 5.97 Å². The summed E-state index contributed by atoms with van der Waals surface area (Å²) in [6.45, 7) is 6.15. The number of aromatic amines is 1. The zero-order valence-electron chi connectivity index (χ0n) is 10.7. The summed E-state index contributed by atoms with van der Waals surface area (Å²) in [6, 6.07) is 4.22. The molecule has 2 N–H and O–H groups in total. The number of hydrogen-bond donors (Lipinski definition) is 2. The van der Waals surface area contributed by atoms with Gasteiger partial charge in [0.1, 0.15) is 5.56 Å². The third-order valence-electron chi connectivity index (χ3n) is 3.14. The number of carboxylic acids is 1. The fourth-order valence-electron chi connectivity index (χ4n) is 2.30. The molecule has 0 aliphatic carbocycles. The quantitative estimate of drug-likeness (QED) is 0.872. The van der Waals surface area contributed by atoms with Crippen LogP contribution in [0, 0.1) is 20.8 Å². The van der Waals surface area contributed by atoms with Gasteiger partial charge in [0.25, 0.3) is 0 Å². The highest BCUT2D eigenvalue weighted by atomic mass is 16.4. The predicted molar refractivity (Wildman–Crippen MR) is 69.0 cm³/mol. The van der Waals surface area contributed by atoms with Crippen molar-refractivity contribution in [1.82, 2.24) is 10.2 Å². The molecule has 0 aliphatic heterocycles. The lowest BCUT2D eigenvalue weighted by atomic mass is 9.95. The van der Waals surface area contributed by atoms with Gasteiger partial charge < -0.3 is 5.11 Å². The van der Waals surface area contributed by atoms with Gasteiger partial charge in [-0.1, -0.05) is 17.7 Å². The first-order valence-electron chi connectivity index (χ1n) is 5.81. The van der Waals surface area contributed by atoms with Gasteiger partial charge in [-0.3, -0.25) is 5.10 Å². The number of aromatic carboxylic acids is 1. The molecule has 4 heteroatoms. The van der Waals surface area contributed by atoms with Crippen molar-refractivity contribution in [3.8, 4) is 0 Å². The first-order chi connectivity index (χ1) is 8.49. The van der Waals surface area contributed by atoms with E-state index in [2.05, 4.69) is 29.3 Å². The summed E-state index contributed by atoms with van der Waals surface area (Å²) < 4.78 is 0. The number of H-pyrrole nitrogens is 1. The lowest BCUT2D eigenvalue weighted by Crippen LogP contribution is -2.03. The van der Waals surface area contributed by atoms with E-state index in [4.69, 9.17) is 5.11 Å². The molecule has 1 aromatic heterocycles. The van der Waals surface area contributed by atoms with Crippen LogP contribution in [0.1, 0.15) is 38.3 Å². The number of nitrogens with one attached hydrogen (secondary N) is 1. The van der Waals surface area contributed by atoms with E-state index in [1.807, 2.05) is 13.8 Å². The summed E-state index contributed by atoms with van der Waals surface area (Å²) in [5.74, 6) is -0.943. The highest BCUT2D eigenvalue weighted by Crippen LogP contribution is 2.20. The van der Waals surface area contributed by atoms with E-state index in [1.54, 1.807) is 0 Å². The van der Waals surface area contributed by atoms with Crippen molar-refractivity contribution in [3.63, 3.8) is 0 Å². The van der Waals surface area contributed by atoms with Gasteiger partial charge in [0.2, 0.25) is 0 Å². The summed E-state index contributed by atoms with van der Waals surface area (Å²) in [7, 11) is 0. The minimum atomic E-state index is -0.943. The van der Waals surface area contributed by atoms with Gasteiger partial charge in [0.05, 0.1) is 11.9 Å². The average molecular weight is 244 g/mol. The second-order valence-corrected chi connectivity index (χ2v) is 4.62. The van der Waals surface area contributed by atoms with Crippen LogP contribution in [0.4, 0.5) is 0 Å². The second kappa shape index (κ2) is 4.64.